The highest BCUT2D eigenvalue weighted by atomic mass is 14.9. The average Bonchev–Trinajstić information content (AvgIpc) is 2.74. The Hall–Kier alpha value is -2.41. The summed E-state index contributed by atoms with van der Waals surface area (Å²) in [7, 11) is 1.79. The minimum atomic E-state index is -2.32. The van der Waals surface area contributed by atoms with E-state index < -0.39 is 20.1 Å². The van der Waals surface area contributed by atoms with Gasteiger partial charge < -0.3 is 0 Å². The van der Waals surface area contributed by atoms with Gasteiger partial charge in [-0.3, -0.25) is 0 Å². The van der Waals surface area contributed by atoms with Gasteiger partial charge >= 0.3 is 0 Å². The van der Waals surface area contributed by atoms with Crippen molar-refractivity contribution >= 4 is 0 Å². The Morgan fingerprint density at radius 3 is 2.25 bits per heavy atom. The van der Waals surface area contributed by atoms with Gasteiger partial charge in [0.15, 0.2) is 6.20 Å². The van der Waals surface area contributed by atoms with E-state index >= 15 is 0 Å². The topological polar surface area (TPSA) is 3.88 Å². The minimum absolute atomic E-state index is 0.125. The van der Waals surface area contributed by atoms with Crippen LogP contribution >= 0.6 is 0 Å². The first-order valence-corrected chi connectivity index (χ1v) is 9.67. The highest BCUT2D eigenvalue weighted by Gasteiger charge is 2.17. The molecule has 0 aliphatic rings. The first kappa shape index (κ1) is 12.2. The van der Waals surface area contributed by atoms with Crippen molar-refractivity contribution in [3.8, 4) is 22.4 Å². The molecule has 0 N–H and O–H groups in total. The molecule has 0 amide bonds. The summed E-state index contributed by atoms with van der Waals surface area (Å²) < 4.78 is 66.1. The van der Waals surface area contributed by atoms with Gasteiger partial charge in [-0.2, -0.15) is 0 Å². The van der Waals surface area contributed by atoms with Gasteiger partial charge in [-0.25, -0.2) is 4.57 Å². The molecule has 3 rings (SSSR count). The van der Waals surface area contributed by atoms with E-state index in [-0.39, 0.29) is 23.5 Å². The fraction of sp³-hybridized carbons (Fsp3) is 0.370. The highest BCUT2D eigenvalue weighted by Crippen LogP contribution is 2.32. The van der Waals surface area contributed by atoms with Crippen molar-refractivity contribution in [2.45, 2.75) is 54.2 Å². The predicted molar refractivity (Wildman–Crippen MR) is 121 cm³/mol. The molecule has 0 aliphatic heterocycles. The maximum absolute atomic E-state index is 8.24. The Morgan fingerprint density at radius 1 is 0.893 bits per heavy atom. The molecular formula is C27H34N+. The van der Waals surface area contributed by atoms with Crippen LogP contribution in [0, 0.1) is 33.5 Å². The average molecular weight is 381 g/mol. The van der Waals surface area contributed by atoms with Crippen LogP contribution in [-0.4, -0.2) is 0 Å². The summed E-state index contributed by atoms with van der Waals surface area (Å²) in [4.78, 5) is 0. The number of aromatic nitrogens is 1. The maximum atomic E-state index is 8.24. The van der Waals surface area contributed by atoms with Crippen LogP contribution in [0.4, 0.5) is 0 Å². The van der Waals surface area contributed by atoms with Gasteiger partial charge in [0.2, 0.25) is 5.69 Å². The lowest BCUT2D eigenvalue weighted by Gasteiger charge is -2.13. The number of hydrogen-bond acceptors (Lipinski definition) is 0. The summed E-state index contributed by atoms with van der Waals surface area (Å²) in [6, 6.07) is 12.8. The second kappa shape index (κ2) is 8.31. The Labute approximate surface area is 182 Å². The molecule has 0 aliphatic carbocycles. The molecule has 0 atom stereocenters. The molecule has 0 saturated heterocycles. The van der Waals surface area contributed by atoms with E-state index in [1.807, 2.05) is 57.2 Å². The molecule has 2 aromatic carbocycles. The fourth-order valence-corrected chi connectivity index (χ4v) is 3.36. The lowest BCUT2D eigenvalue weighted by atomic mass is 9.92. The third kappa shape index (κ3) is 4.35. The standard InChI is InChI=1S/C27H34N/c1-18(2)8-9-23-10-12-24(13-11-23)25-16-26(21(5)14-20(25)4)27-15-19(3)22(6)17-28(27)7/h10-18H,8-9H2,1-7H3/q+1/i4D3,6D3,8D2. The number of nitrogens with zero attached hydrogens (tertiary/aromatic N) is 1. The van der Waals surface area contributed by atoms with Crippen LogP contribution < -0.4 is 4.57 Å². The normalized spacial score (nSPS) is 16.9. The molecule has 146 valence electrons. The van der Waals surface area contributed by atoms with E-state index in [4.69, 9.17) is 11.0 Å². The molecule has 3 aromatic rings. The van der Waals surface area contributed by atoms with E-state index in [0.29, 0.717) is 11.1 Å². The molecule has 0 unspecified atom stereocenters. The van der Waals surface area contributed by atoms with Crippen molar-refractivity contribution < 1.29 is 15.5 Å². The first-order chi connectivity index (χ1) is 16.4. The second-order valence-corrected chi connectivity index (χ2v) is 7.81. The van der Waals surface area contributed by atoms with Gasteiger partial charge in [0, 0.05) is 28.2 Å². The summed E-state index contributed by atoms with van der Waals surface area (Å²) in [5.41, 5.74) is 5.72. The summed E-state index contributed by atoms with van der Waals surface area (Å²) in [5, 5.41) is 0. The smallest absolute Gasteiger partial charge is 0.201 e. The number of pyridine rings is 1. The molecule has 0 fully saturated rings. The molecule has 1 heterocycles. The van der Waals surface area contributed by atoms with Crippen molar-refractivity contribution in [3.05, 3.63) is 76.5 Å². The molecule has 1 aromatic heterocycles. The lowest BCUT2D eigenvalue weighted by Crippen LogP contribution is -2.31. The zero-order valence-corrected chi connectivity index (χ0v) is 17.4. The van der Waals surface area contributed by atoms with Gasteiger partial charge in [-0.1, -0.05) is 44.2 Å². The van der Waals surface area contributed by atoms with E-state index in [2.05, 4.69) is 0 Å². The first-order valence-electron chi connectivity index (χ1n) is 13.7. The summed E-state index contributed by atoms with van der Waals surface area (Å²) >= 11 is 0. The van der Waals surface area contributed by atoms with Crippen molar-refractivity contribution in [1.82, 2.24) is 0 Å². The molecule has 1 heteroatoms. The minimum Gasteiger partial charge on any atom is -0.201 e. The third-order valence-corrected chi connectivity index (χ3v) is 5.10. The van der Waals surface area contributed by atoms with Gasteiger partial charge in [-0.05, 0) is 85.7 Å². The van der Waals surface area contributed by atoms with E-state index in [9.17, 15) is 0 Å². The monoisotopic (exact) mass is 380 g/mol. The van der Waals surface area contributed by atoms with Crippen LogP contribution in [-0.2, 0) is 13.5 Å². The van der Waals surface area contributed by atoms with Crippen molar-refractivity contribution in [1.29, 1.82) is 0 Å². The van der Waals surface area contributed by atoms with Gasteiger partial charge in [0.25, 0.3) is 0 Å². The van der Waals surface area contributed by atoms with Crippen LogP contribution in [0.2, 0.25) is 0 Å². The van der Waals surface area contributed by atoms with Gasteiger partial charge in [0.1, 0.15) is 7.05 Å². The fourth-order valence-electron chi connectivity index (χ4n) is 3.36. The third-order valence-electron chi connectivity index (χ3n) is 5.10. The SMILES string of the molecule is [2H]C([2H])([2H])c1c[n+](C)c(-c2cc(-c3ccc(CC([2H])([2H])C(C)C)cc3)c(C([2H])([2H])[2H])cc2C)cc1C. The number of benzene rings is 2. The Bertz CT molecular complexity index is 1250. The second-order valence-electron chi connectivity index (χ2n) is 7.81. The quantitative estimate of drug-likeness (QED) is 0.435. The zero-order valence-electron chi connectivity index (χ0n) is 25.4. The van der Waals surface area contributed by atoms with Gasteiger partial charge in [0.05, 0.1) is 0 Å². The number of rotatable bonds is 5. The maximum Gasteiger partial charge on any atom is 0.212 e. The molecule has 28 heavy (non-hydrogen) atoms. The van der Waals surface area contributed by atoms with E-state index in [1.54, 1.807) is 30.8 Å². The summed E-state index contributed by atoms with van der Waals surface area (Å²) in [6.07, 6.45) is 0.559. The zero-order chi connectivity index (χ0) is 27.2. The molecule has 1 nitrogen and oxygen atoms in total. The van der Waals surface area contributed by atoms with Crippen molar-refractivity contribution in [3.63, 3.8) is 0 Å². The van der Waals surface area contributed by atoms with E-state index in [1.165, 1.54) is 0 Å². The summed E-state index contributed by atoms with van der Waals surface area (Å²) in [5.74, 6) is -0.125. The molecule has 0 saturated carbocycles. The van der Waals surface area contributed by atoms with Crippen LogP contribution in [0.5, 0.6) is 0 Å². The van der Waals surface area contributed by atoms with Crippen LogP contribution in [0.25, 0.3) is 22.4 Å². The van der Waals surface area contributed by atoms with Gasteiger partial charge in [-0.15, -0.1) is 0 Å². The van der Waals surface area contributed by atoms with Crippen LogP contribution in [0.3, 0.4) is 0 Å². The largest absolute Gasteiger partial charge is 0.212 e. The van der Waals surface area contributed by atoms with Crippen LogP contribution in [0.15, 0.2) is 48.7 Å². The number of hydrogen-bond donors (Lipinski definition) is 0. The molecular weight excluding hydrogens is 338 g/mol. The molecule has 0 radical (unpaired) electrons. The van der Waals surface area contributed by atoms with Crippen molar-refractivity contribution in [2.24, 2.45) is 13.0 Å². The highest BCUT2D eigenvalue weighted by molar-refractivity contribution is 5.76. The molecule has 0 spiro atoms. The molecule has 0 bridgehead atoms. The lowest BCUT2D eigenvalue weighted by molar-refractivity contribution is -0.660. The van der Waals surface area contributed by atoms with E-state index in [0.717, 1.165) is 27.9 Å². The summed E-state index contributed by atoms with van der Waals surface area (Å²) in [6.45, 7) is 2.80. The Morgan fingerprint density at radius 2 is 1.61 bits per heavy atom. The van der Waals surface area contributed by atoms with Crippen molar-refractivity contribution in [2.75, 3.05) is 0 Å². The Kier molecular flexibility index (Phi) is 3.62. The van der Waals surface area contributed by atoms with Crippen LogP contribution in [0.1, 0.15) is 59.0 Å². The number of aryl methyl sites for hydroxylation is 6. The predicted octanol–water partition coefficient (Wildman–Crippen LogP) is 6.67. The Balaban J connectivity index is 2.16.